The molecule has 1 N–H and O–H groups in total. The molecule has 214 valence electrons. The maximum absolute atomic E-state index is 15.0. The molecule has 41 heavy (non-hydrogen) atoms. The lowest BCUT2D eigenvalue weighted by molar-refractivity contribution is 0.136. The van der Waals surface area contributed by atoms with Crippen molar-refractivity contribution >= 4 is 34.5 Å². The number of carboxylic acid groups (broad SMARTS) is 1. The Bertz CT molecular complexity index is 1680. The van der Waals surface area contributed by atoms with Crippen LogP contribution in [0.3, 0.4) is 0 Å². The number of carbonyl (C=O) groups is 1. The van der Waals surface area contributed by atoms with E-state index in [2.05, 4.69) is 15.0 Å². The van der Waals surface area contributed by atoms with Crippen LogP contribution in [0.5, 0.6) is 0 Å². The lowest BCUT2D eigenvalue weighted by Gasteiger charge is -2.39. The van der Waals surface area contributed by atoms with Gasteiger partial charge in [-0.05, 0) is 37.0 Å². The van der Waals surface area contributed by atoms with E-state index < -0.39 is 17.6 Å². The van der Waals surface area contributed by atoms with Gasteiger partial charge in [-0.15, -0.1) is 0 Å². The fraction of sp³-hybridized carbons (Fsp3) is 0.379. The molecule has 1 aromatic carbocycles. The van der Waals surface area contributed by atoms with Crippen LogP contribution in [0.4, 0.5) is 15.0 Å². The Kier molecular flexibility index (Phi) is 7.65. The molecular formula is C29H31ClFN7O3. The van der Waals surface area contributed by atoms with Crippen molar-refractivity contribution in [2.24, 2.45) is 0 Å². The number of rotatable bonds is 5. The Hall–Kier alpha value is -4.12. The van der Waals surface area contributed by atoms with Crippen LogP contribution in [-0.4, -0.2) is 66.3 Å². The van der Waals surface area contributed by atoms with Crippen molar-refractivity contribution in [2.75, 3.05) is 24.5 Å². The van der Waals surface area contributed by atoms with Crippen molar-refractivity contribution in [3.8, 4) is 16.9 Å². The van der Waals surface area contributed by atoms with E-state index in [0.717, 1.165) is 0 Å². The van der Waals surface area contributed by atoms with Gasteiger partial charge in [-0.25, -0.2) is 33.5 Å². The lowest BCUT2D eigenvalue weighted by Crippen LogP contribution is -2.54. The number of amides is 1. The molecule has 0 bridgehead atoms. The first kappa shape index (κ1) is 28.4. The summed E-state index contributed by atoms with van der Waals surface area (Å²) >= 11 is 6.75. The summed E-state index contributed by atoms with van der Waals surface area (Å²) in [6.07, 6.45) is 0.484. The second-order valence-corrected chi connectivity index (χ2v) is 11.2. The summed E-state index contributed by atoms with van der Waals surface area (Å²) in [6.45, 7) is 10.6. The molecule has 12 heteroatoms. The zero-order valence-corrected chi connectivity index (χ0v) is 24.2. The van der Waals surface area contributed by atoms with E-state index >= 15 is 0 Å². The number of halogens is 2. The number of benzene rings is 1. The summed E-state index contributed by atoms with van der Waals surface area (Å²) in [5.41, 5.74) is 1.79. The first-order chi connectivity index (χ1) is 19.5. The van der Waals surface area contributed by atoms with E-state index in [9.17, 15) is 19.1 Å². The standard InChI is InChI=1S/C29H31ClFN7O3/c1-15(2)22-25(23(16(3)4)33-14-32-22)38-27-19(12-20(30)24(34-27)18-8-6-7-9-21(18)31)26(35-28(38)39)37-11-10-36(29(40)41)13-17(37)5/h6-9,12,14-17H,10-11,13H2,1-5H3,(H,40,41). The van der Waals surface area contributed by atoms with Crippen molar-refractivity contribution in [3.05, 3.63) is 69.4 Å². The lowest BCUT2D eigenvalue weighted by atomic mass is 10.0. The zero-order chi connectivity index (χ0) is 29.6. The van der Waals surface area contributed by atoms with Gasteiger partial charge in [0.1, 0.15) is 18.0 Å². The maximum atomic E-state index is 15.0. The van der Waals surface area contributed by atoms with Gasteiger partial charge in [0.15, 0.2) is 5.65 Å². The Morgan fingerprint density at radius 2 is 1.73 bits per heavy atom. The molecule has 0 radical (unpaired) electrons. The molecule has 0 saturated carbocycles. The Balaban J connectivity index is 1.87. The third-order valence-corrected chi connectivity index (χ3v) is 7.58. The molecule has 10 nitrogen and oxygen atoms in total. The summed E-state index contributed by atoms with van der Waals surface area (Å²) in [5.74, 6) is -0.289. The molecule has 4 heterocycles. The van der Waals surface area contributed by atoms with Crippen molar-refractivity contribution in [2.45, 2.75) is 52.5 Å². The largest absolute Gasteiger partial charge is 0.465 e. The molecule has 1 aliphatic heterocycles. The van der Waals surface area contributed by atoms with Gasteiger partial charge in [0.05, 0.1) is 33.2 Å². The Morgan fingerprint density at radius 3 is 2.32 bits per heavy atom. The number of fused-ring (bicyclic) bond motifs is 1. The van der Waals surface area contributed by atoms with Crippen LogP contribution in [0.25, 0.3) is 28.0 Å². The highest BCUT2D eigenvalue weighted by Crippen LogP contribution is 2.36. The number of anilines is 1. The van der Waals surface area contributed by atoms with Gasteiger partial charge < -0.3 is 14.9 Å². The van der Waals surface area contributed by atoms with Gasteiger partial charge in [0.25, 0.3) is 0 Å². The summed E-state index contributed by atoms with van der Waals surface area (Å²) in [4.78, 5) is 47.3. The van der Waals surface area contributed by atoms with E-state index in [4.69, 9.17) is 16.6 Å². The molecule has 1 unspecified atom stereocenters. The van der Waals surface area contributed by atoms with Crippen molar-refractivity contribution in [1.82, 2.24) is 29.4 Å². The smallest absolute Gasteiger partial charge is 0.407 e. The van der Waals surface area contributed by atoms with Crippen LogP contribution in [0.15, 0.2) is 41.5 Å². The van der Waals surface area contributed by atoms with E-state index in [-0.39, 0.29) is 52.9 Å². The fourth-order valence-corrected chi connectivity index (χ4v) is 5.55. The molecule has 0 spiro atoms. The van der Waals surface area contributed by atoms with Crippen LogP contribution in [0.2, 0.25) is 5.02 Å². The molecule has 4 aromatic rings. The fourth-order valence-electron chi connectivity index (χ4n) is 5.30. The first-order valence-electron chi connectivity index (χ1n) is 13.5. The van der Waals surface area contributed by atoms with Crippen molar-refractivity contribution in [1.29, 1.82) is 0 Å². The summed E-state index contributed by atoms with van der Waals surface area (Å²) in [6, 6.07) is 7.54. The van der Waals surface area contributed by atoms with Crippen LogP contribution >= 0.6 is 11.6 Å². The molecule has 3 aromatic heterocycles. The molecule has 1 atom stereocenters. The molecule has 1 saturated heterocycles. The van der Waals surface area contributed by atoms with E-state index in [1.54, 1.807) is 24.3 Å². The Morgan fingerprint density at radius 1 is 1.07 bits per heavy atom. The number of pyridine rings is 1. The van der Waals surface area contributed by atoms with Crippen LogP contribution in [0, 0.1) is 5.82 Å². The molecule has 1 amide bonds. The predicted molar refractivity (Wildman–Crippen MR) is 156 cm³/mol. The summed E-state index contributed by atoms with van der Waals surface area (Å²) < 4.78 is 16.4. The topological polar surface area (TPSA) is 117 Å². The number of nitrogens with zero attached hydrogens (tertiary/aromatic N) is 7. The molecule has 1 fully saturated rings. The van der Waals surface area contributed by atoms with Crippen LogP contribution < -0.4 is 10.6 Å². The van der Waals surface area contributed by atoms with Crippen molar-refractivity contribution < 1.29 is 14.3 Å². The summed E-state index contributed by atoms with van der Waals surface area (Å²) in [5, 5.41) is 10.2. The van der Waals surface area contributed by atoms with Gasteiger partial charge in [0, 0.05) is 31.2 Å². The minimum Gasteiger partial charge on any atom is -0.465 e. The summed E-state index contributed by atoms with van der Waals surface area (Å²) in [7, 11) is 0. The predicted octanol–water partition coefficient (Wildman–Crippen LogP) is 5.47. The molecule has 0 aliphatic carbocycles. The normalized spacial score (nSPS) is 15.8. The van der Waals surface area contributed by atoms with Gasteiger partial charge in [-0.2, -0.15) is 4.98 Å². The second-order valence-electron chi connectivity index (χ2n) is 10.8. The first-order valence-corrected chi connectivity index (χ1v) is 13.8. The number of aromatic nitrogens is 5. The monoisotopic (exact) mass is 579 g/mol. The van der Waals surface area contributed by atoms with Gasteiger partial charge in [-0.1, -0.05) is 51.4 Å². The van der Waals surface area contributed by atoms with Crippen molar-refractivity contribution in [3.63, 3.8) is 0 Å². The quantitative estimate of drug-likeness (QED) is 0.331. The zero-order valence-electron chi connectivity index (χ0n) is 23.5. The Labute approximate surface area is 241 Å². The molecular weight excluding hydrogens is 549 g/mol. The maximum Gasteiger partial charge on any atom is 0.407 e. The average molecular weight is 580 g/mol. The van der Waals surface area contributed by atoms with E-state index in [1.807, 2.05) is 39.5 Å². The van der Waals surface area contributed by atoms with Crippen LogP contribution in [0.1, 0.15) is 57.8 Å². The number of piperazine rings is 1. The highest BCUT2D eigenvalue weighted by Gasteiger charge is 2.31. The second kappa shape index (κ2) is 11.0. The third-order valence-electron chi connectivity index (χ3n) is 7.30. The SMILES string of the molecule is CC(C)c1ncnc(C(C)C)c1-n1c(=O)nc(N2CCN(C(=O)O)CC2C)c2cc(Cl)c(-c3ccccc3F)nc21. The average Bonchev–Trinajstić information content (AvgIpc) is 2.92. The third kappa shape index (κ3) is 5.10. The minimum atomic E-state index is -1.00. The van der Waals surface area contributed by atoms with Crippen LogP contribution in [-0.2, 0) is 0 Å². The highest BCUT2D eigenvalue weighted by atomic mass is 35.5. The minimum absolute atomic E-state index is 0.0606. The van der Waals surface area contributed by atoms with E-state index in [1.165, 1.54) is 21.9 Å². The van der Waals surface area contributed by atoms with Gasteiger partial charge in [0.2, 0.25) is 0 Å². The highest BCUT2D eigenvalue weighted by molar-refractivity contribution is 6.33. The van der Waals surface area contributed by atoms with Gasteiger partial charge >= 0.3 is 11.8 Å². The van der Waals surface area contributed by atoms with Gasteiger partial charge in [-0.3, -0.25) is 0 Å². The van der Waals surface area contributed by atoms with E-state index in [0.29, 0.717) is 34.8 Å². The molecule has 1 aliphatic rings. The molecule has 5 rings (SSSR count). The number of hydrogen-bond acceptors (Lipinski definition) is 7. The number of hydrogen-bond donors (Lipinski definition) is 1.